The maximum absolute atomic E-state index is 4.99. The maximum atomic E-state index is 4.99. The predicted octanol–water partition coefficient (Wildman–Crippen LogP) is 3.37. The maximum Gasteiger partial charge on any atom is -0.369 e. The largest absolute Gasteiger partial charge is 0.369 e. The van der Waals surface area contributed by atoms with Crippen molar-refractivity contribution < 1.29 is 12.7 Å². The van der Waals surface area contributed by atoms with Gasteiger partial charge in [0.25, 0.3) is 0 Å². The van der Waals surface area contributed by atoms with E-state index >= 15 is 0 Å². The summed E-state index contributed by atoms with van der Waals surface area (Å²) in [5, 5.41) is 0. The monoisotopic (exact) mass is 285 g/mol. The quantitative estimate of drug-likeness (QED) is 0.637. The van der Waals surface area contributed by atoms with E-state index in [-0.39, 0.29) is 17.8 Å². The van der Waals surface area contributed by atoms with Crippen molar-refractivity contribution in [1.29, 1.82) is 0 Å². The fraction of sp³-hybridized carbons (Fsp3) is 0. The van der Waals surface area contributed by atoms with Gasteiger partial charge in [0.15, 0.2) is 0 Å². The molecule has 9 heteroatoms. The van der Waals surface area contributed by atoms with Crippen molar-refractivity contribution >= 4 is 50.5 Å². The van der Waals surface area contributed by atoms with Crippen molar-refractivity contribution in [3.8, 4) is 0 Å². The van der Waals surface area contributed by atoms with E-state index in [0.29, 0.717) is 0 Å². The summed E-state index contributed by atoms with van der Waals surface area (Å²) in [6, 6.07) is 0. The Morgan fingerprint density at radius 2 is 0.667 bits per heavy atom. The Hall–Kier alpha value is 1.85. The second kappa shape index (κ2) is 5.49. The first-order valence-corrected chi connectivity index (χ1v) is 8.26. The zero-order valence-corrected chi connectivity index (χ0v) is 9.63. The summed E-state index contributed by atoms with van der Waals surface area (Å²) in [6.07, 6.45) is 0. The van der Waals surface area contributed by atoms with Gasteiger partial charge in [0.2, 0.25) is 0 Å². The summed E-state index contributed by atoms with van der Waals surface area (Å²) >= 11 is 0. The van der Waals surface area contributed by atoms with Crippen LogP contribution in [-0.4, -0.2) is 5.48 Å². The fourth-order valence-corrected chi connectivity index (χ4v) is 0. The van der Waals surface area contributed by atoms with E-state index in [9.17, 15) is 0 Å². The Balaban J connectivity index is -0.0000000417. The van der Waals surface area contributed by atoms with Gasteiger partial charge in [0.05, 0.1) is 0 Å². The van der Waals surface area contributed by atoms with Crippen LogP contribution in [0.2, 0.25) is 0 Å². The van der Waals surface area contributed by atoms with Crippen LogP contribution >= 0.6 is 50.5 Å². The molecular formula is H10Cl5FeN2O. The average Bonchev–Trinajstić information content (AvgIpc) is 0.650. The minimum absolute atomic E-state index is 0. The van der Waals surface area contributed by atoms with Gasteiger partial charge >= 0.3 is 57.7 Å². The molecule has 10 N–H and O–H groups in total. The molecule has 0 fully saturated rings. The van der Waals surface area contributed by atoms with Gasteiger partial charge in [0, 0.05) is 0 Å². The summed E-state index contributed by atoms with van der Waals surface area (Å²) in [7, 11) is 21.2. The van der Waals surface area contributed by atoms with Crippen molar-refractivity contribution in [3.63, 3.8) is 0 Å². The van der Waals surface area contributed by atoms with Crippen molar-refractivity contribution in [2.24, 2.45) is 0 Å². The van der Waals surface area contributed by atoms with Crippen LogP contribution < -0.4 is 12.3 Å². The van der Waals surface area contributed by atoms with Gasteiger partial charge in [-0.15, -0.1) is 0 Å². The zero-order chi connectivity index (χ0) is 5.45. The first-order chi connectivity index (χ1) is 2.24. The second-order valence-electron chi connectivity index (χ2n) is 0.505. The molecule has 0 aromatic carbocycles. The van der Waals surface area contributed by atoms with Crippen LogP contribution in [0.15, 0.2) is 0 Å². The summed E-state index contributed by atoms with van der Waals surface area (Å²) in [5.74, 6) is 0. The van der Waals surface area contributed by atoms with Crippen LogP contribution in [0.3, 0.4) is 0 Å². The first-order valence-electron chi connectivity index (χ1n) is 0.668. The predicted molar refractivity (Wildman–Crippen MR) is 44.8 cm³/mol. The minimum Gasteiger partial charge on any atom is -0.369 e. The molecule has 0 atom stereocenters. The van der Waals surface area contributed by atoms with E-state index in [4.69, 9.17) is 50.5 Å². The molecule has 0 saturated carbocycles. The van der Waals surface area contributed by atoms with Crippen LogP contribution in [0.25, 0.3) is 0 Å². The van der Waals surface area contributed by atoms with E-state index in [2.05, 4.69) is 0 Å². The molecule has 0 radical (unpaired) electrons. The van der Waals surface area contributed by atoms with Crippen molar-refractivity contribution in [2.75, 3.05) is 0 Å². The van der Waals surface area contributed by atoms with Gasteiger partial charge in [-0.3, -0.25) is 0 Å². The Morgan fingerprint density at radius 1 is 0.667 bits per heavy atom. The van der Waals surface area contributed by atoms with E-state index in [1.165, 1.54) is 0 Å². The molecule has 0 aliphatic rings. The van der Waals surface area contributed by atoms with Gasteiger partial charge in [-0.05, 0) is 0 Å². The molecule has 0 aliphatic carbocycles. The topological polar surface area (TPSA) is 104 Å². The van der Waals surface area contributed by atoms with Gasteiger partial charge in [-0.1, -0.05) is 0 Å². The molecule has 0 aromatic rings. The first kappa shape index (κ1) is 22.4. The molecule has 69 valence electrons. The molecule has 3 nitrogen and oxygen atoms in total. The molecule has 0 aliphatic heterocycles. The molecule has 0 unspecified atom stereocenters. The summed E-state index contributed by atoms with van der Waals surface area (Å²) in [6.45, 7) is 0. The molecule has 0 aromatic heterocycles. The fourth-order valence-electron chi connectivity index (χ4n) is 0. The molecule has 0 bridgehead atoms. The Kier molecular flexibility index (Phi) is 13.7. The molecule has 0 amide bonds. The number of rotatable bonds is 0. The van der Waals surface area contributed by atoms with Crippen LogP contribution in [0.5, 0.6) is 0 Å². The molecule has 9 heavy (non-hydrogen) atoms. The van der Waals surface area contributed by atoms with Gasteiger partial charge < -0.3 is 17.8 Å². The number of quaternary nitrogens is 2. The van der Waals surface area contributed by atoms with Crippen molar-refractivity contribution in [3.05, 3.63) is 0 Å². The molecule has 0 rings (SSSR count). The van der Waals surface area contributed by atoms with Gasteiger partial charge in [-0.25, -0.2) is 0 Å². The van der Waals surface area contributed by atoms with E-state index < -0.39 is 7.23 Å². The van der Waals surface area contributed by atoms with Gasteiger partial charge in [0.1, 0.15) is 0 Å². The summed E-state index contributed by atoms with van der Waals surface area (Å²) < 4.78 is 0. The smallest absolute Gasteiger partial charge is 0.369 e. The Morgan fingerprint density at radius 3 is 0.667 bits per heavy atom. The zero-order valence-electron chi connectivity index (χ0n) is 4.74. The van der Waals surface area contributed by atoms with Gasteiger partial charge in [-0.2, -0.15) is 0 Å². The summed E-state index contributed by atoms with van der Waals surface area (Å²) in [4.78, 5) is 0. The van der Waals surface area contributed by atoms with Crippen LogP contribution in [0.1, 0.15) is 0 Å². The van der Waals surface area contributed by atoms with Crippen LogP contribution in [-0.2, 0) is 7.23 Å². The van der Waals surface area contributed by atoms with Crippen molar-refractivity contribution in [2.45, 2.75) is 0 Å². The third-order valence-electron chi connectivity index (χ3n) is 0. The van der Waals surface area contributed by atoms with Crippen molar-refractivity contribution in [1.82, 2.24) is 12.3 Å². The summed E-state index contributed by atoms with van der Waals surface area (Å²) in [5.41, 5.74) is 0. The average molecular weight is 287 g/mol. The standard InChI is InChI=1S/5ClH.Fe.2H3N.H2O/h5*1H;;2*1H3;1H2/q;;;;;+3;;;/p-3. The van der Waals surface area contributed by atoms with Crippen LogP contribution in [0, 0.1) is 0 Å². The number of hydrogen-bond acceptors (Lipinski definition) is 0. The molecule has 0 spiro atoms. The third-order valence-corrected chi connectivity index (χ3v) is 0. The molecule has 0 heterocycles. The SMILES string of the molecule is O.[Cl][Fe-2]([Cl])([Cl])([Cl])[Cl].[NH4+].[NH4+]. The minimum atomic E-state index is -3.79. The normalized spacial score (nSPS) is 12.8. The van der Waals surface area contributed by atoms with Crippen LogP contribution in [0.4, 0.5) is 0 Å². The number of halogens is 5. The third kappa shape index (κ3) is 177. The molecular weight excluding hydrogens is 277 g/mol. The Bertz CT molecular complexity index is 48.1. The van der Waals surface area contributed by atoms with E-state index in [1.807, 2.05) is 0 Å². The van der Waals surface area contributed by atoms with E-state index in [1.54, 1.807) is 0 Å². The second-order valence-corrected chi connectivity index (χ2v) is 18.7. The van der Waals surface area contributed by atoms with E-state index in [0.717, 1.165) is 0 Å². The number of hydrogen-bond donors (Lipinski definition) is 2. The Labute approximate surface area is 75.1 Å². The molecule has 0 saturated heterocycles.